The predicted molar refractivity (Wildman–Crippen MR) is 112 cm³/mol. The van der Waals surface area contributed by atoms with Crippen molar-refractivity contribution in [2.75, 3.05) is 11.9 Å². The minimum atomic E-state index is -0.623. The van der Waals surface area contributed by atoms with E-state index in [1.807, 2.05) is 0 Å². The first kappa shape index (κ1) is 21.7. The van der Waals surface area contributed by atoms with Gasteiger partial charge in [-0.25, -0.2) is 4.39 Å². The molecule has 1 aromatic heterocycles. The standard InChI is InChI=1S/C21H17Cl2FN2O4/c1-12(15-9-18(24)17(23)10-16(15)22)25-20(27)11-30-14-5-2-4-13(8-14)26-21(28)19-6-3-7-29-19/h2-10,12H,11H2,1H3,(H,25,27)(H,26,28). The highest BCUT2D eigenvalue weighted by molar-refractivity contribution is 6.35. The molecule has 0 aliphatic heterocycles. The molecule has 2 amide bonds. The molecular weight excluding hydrogens is 434 g/mol. The monoisotopic (exact) mass is 450 g/mol. The Kier molecular flexibility index (Phi) is 6.97. The van der Waals surface area contributed by atoms with Gasteiger partial charge in [-0.3, -0.25) is 9.59 Å². The molecule has 0 saturated heterocycles. The number of hydrogen-bond donors (Lipinski definition) is 2. The number of carbonyl (C=O) groups is 2. The van der Waals surface area contributed by atoms with Crippen LogP contribution in [0.1, 0.15) is 29.1 Å². The number of carbonyl (C=O) groups excluding carboxylic acids is 2. The van der Waals surface area contributed by atoms with Crippen molar-refractivity contribution in [2.45, 2.75) is 13.0 Å². The van der Waals surface area contributed by atoms with Gasteiger partial charge < -0.3 is 19.8 Å². The Balaban J connectivity index is 1.56. The maximum Gasteiger partial charge on any atom is 0.291 e. The Morgan fingerprint density at radius 3 is 2.67 bits per heavy atom. The first-order chi connectivity index (χ1) is 14.3. The summed E-state index contributed by atoms with van der Waals surface area (Å²) in [5.74, 6) is -0.908. The van der Waals surface area contributed by atoms with Gasteiger partial charge in [0.2, 0.25) is 0 Å². The van der Waals surface area contributed by atoms with E-state index in [1.54, 1.807) is 43.3 Å². The van der Waals surface area contributed by atoms with Gasteiger partial charge in [-0.1, -0.05) is 29.3 Å². The Hall–Kier alpha value is -3.03. The molecule has 3 rings (SSSR count). The van der Waals surface area contributed by atoms with E-state index in [2.05, 4.69) is 10.6 Å². The summed E-state index contributed by atoms with van der Waals surface area (Å²) in [5, 5.41) is 5.50. The SMILES string of the molecule is CC(NC(=O)COc1cccc(NC(=O)c2ccco2)c1)c1cc(F)c(Cl)cc1Cl. The van der Waals surface area contributed by atoms with Gasteiger partial charge >= 0.3 is 0 Å². The maximum absolute atomic E-state index is 13.7. The number of amides is 2. The second kappa shape index (κ2) is 9.65. The number of hydrogen-bond acceptors (Lipinski definition) is 4. The van der Waals surface area contributed by atoms with Crippen molar-refractivity contribution in [2.24, 2.45) is 0 Å². The fourth-order valence-electron chi connectivity index (χ4n) is 2.64. The smallest absolute Gasteiger partial charge is 0.291 e. The summed E-state index contributed by atoms with van der Waals surface area (Å²) < 4.78 is 24.2. The molecule has 6 nitrogen and oxygen atoms in total. The molecule has 0 bridgehead atoms. The van der Waals surface area contributed by atoms with Crippen LogP contribution in [0, 0.1) is 5.82 Å². The number of furan rings is 1. The van der Waals surface area contributed by atoms with Gasteiger partial charge in [0.25, 0.3) is 11.8 Å². The second-order valence-electron chi connectivity index (χ2n) is 6.32. The second-order valence-corrected chi connectivity index (χ2v) is 7.14. The lowest BCUT2D eigenvalue weighted by molar-refractivity contribution is -0.123. The number of nitrogens with one attached hydrogen (secondary N) is 2. The molecule has 2 aromatic carbocycles. The summed E-state index contributed by atoms with van der Waals surface area (Å²) in [6, 6.07) is 11.6. The Morgan fingerprint density at radius 1 is 1.13 bits per heavy atom. The molecule has 0 radical (unpaired) electrons. The zero-order valence-electron chi connectivity index (χ0n) is 15.7. The van der Waals surface area contributed by atoms with Gasteiger partial charge in [-0.2, -0.15) is 0 Å². The number of benzene rings is 2. The third-order valence-electron chi connectivity index (χ3n) is 4.09. The van der Waals surface area contributed by atoms with E-state index < -0.39 is 23.7 Å². The Morgan fingerprint density at radius 2 is 1.93 bits per heavy atom. The van der Waals surface area contributed by atoms with Gasteiger partial charge in [-0.15, -0.1) is 0 Å². The van der Waals surface area contributed by atoms with Crippen LogP contribution in [0.4, 0.5) is 10.1 Å². The minimum Gasteiger partial charge on any atom is -0.484 e. The normalized spacial score (nSPS) is 11.6. The molecular formula is C21H17Cl2FN2O4. The predicted octanol–water partition coefficient (Wildman–Crippen LogP) is 5.23. The van der Waals surface area contributed by atoms with E-state index in [4.69, 9.17) is 32.4 Å². The lowest BCUT2D eigenvalue weighted by atomic mass is 10.1. The lowest BCUT2D eigenvalue weighted by Crippen LogP contribution is -2.31. The van der Waals surface area contributed by atoms with Crippen molar-refractivity contribution in [3.8, 4) is 5.75 Å². The van der Waals surface area contributed by atoms with Crippen LogP contribution in [-0.2, 0) is 4.79 Å². The molecule has 9 heteroatoms. The summed E-state index contributed by atoms with van der Waals surface area (Å²) in [5.41, 5.74) is 0.876. The zero-order valence-corrected chi connectivity index (χ0v) is 17.3. The molecule has 1 heterocycles. The molecule has 0 fully saturated rings. The number of rotatable bonds is 7. The molecule has 2 N–H and O–H groups in total. The van der Waals surface area contributed by atoms with Crippen molar-refractivity contribution in [3.63, 3.8) is 0 Å². The Bertz CT molecular complexity index is 1060. The van der Waals surface area contributed by atoms with Gasteiger partial charge in [0.05, 0.1) is 17.3 Å². The average Bonchev–Trinajstić information content (AvgIpc) is 3.24. The maximum atomic E-state index is 13.7. The molecule has 1 unspecified atom stereocenters. The fourth-order valence-corrected chi connectivity index (χ4v) is 3.19. The van der Waals surface area contributed by atoms with Crippen molar-refractivity contribution in [3.05, 3.63) is 82.0 Å². The van der Waals surface area contributed by atoms with Crippen molar-refractivity contribution >= 4 is 40.7 Å². The van der Waals surface area contributed by atoms with E-state index in [0.29, 0.717) is 17.0 Å². The topological polar surface area (TPSA) is 80.6 Å². The van der Waals surface area contributed by atoms with Crippen molar-refractivity contribution in [1.82, 2.24) is 5.32 Å². The summed E-state index contributed by atoms with van der Waals surface area (Å²) in [4.78, 5) is 24.2. The van der Waals surface area contributed by atoms with Crippen LogP contribution >= 0.6 is 23.2 Å². The summed E-state index contributed by atoms with van der Waals surface area (Å²) in [6.07, 6.45) is 1.40. The molecule has 0 saturated carbocycles. The summed E-state index contributed by atoms with van der Waals surface area (Å²) in [7, 11) is 0. The highest BCUT2D eigenvalue weighted by Gasteiger charge is 2.16. The average molecular weight is 451 g/mol. The molecule has 156 valence electrons. The van der Waals surface area contributed by atoms with Crippen molar-refractivity contribution in [1.29, 1.82) is 0 Å². The number of ether oxygens (including phenoxy) is 1. The van der Waals surface area contributed by atoms with Gasteiger partial charge in [0, 0.05) is 16.8 Å². The van der Waals surface area contributed by atoms with Gasteiger partial charge in [-0.05, 0) is 48.9 Å². The van der Waals surface area contributed by atoms with E-state index in [0.717, 1.165) is 0 Å². The molecule has 3 aromatic rings. The van der Waals surface area contributed by atoms with E-state index >= 15 is 0 Å². The van der Waals surface area contributed by atoms with Crippen LogP contribution in [-0.4, -0.2) is 18.4 Å². The van der Waals surface area contributed by atoms with Crippen LogP contribution < -0.4 is 15.4 Å². The van der Waals surface area contributed by atoms with E-state index in [-0.39, 0.29) is 22.4 Å². The van der Waals surface area contributed by atoms with Crippen LogP contribution in [0.2, 0.25) is 10.0 Å². The quantitative estimate of drug-likeness (QED) is 0.482. The lowest BCUT2D eigenvalue weighted by Gasteiger charge is -2.17. The first-order valence-corrected chi connectivity index (χ1v) is 9.60. The molecule has 0 spiro atoms. The number of halogens is 3. The third-order valence-corrected chi connectivity index (χ3v) is 4.71. The van der Waals surface area contributed by atoms with Gasteiger partial charge in [0.15, 0.2) is 12.4 Å². The zero-order chi connectivity index (χ0) is 21.7. The molecule has 0 aliphatic rings. The van der Waals surface area contributed by atoms with E-state index in [1.165, 1.54) is 18.4 Å². The van der Waals surface area contributed by atoms with Crippen LogP contribution in [0.3, 0.4) is 0 Å². The Labute approximate surface area is 181 Å². The van der Waals surface area contributed by atoms with Gasteiger partial charge in [0.1, 0.15) is 11.6 Å². The third kappa shape index (κ3) is 5.52. The molecule has 1 atom stereocenters. The van der Waals surface area contributed by atoms with Crippen LogP contribution in [0.25, 0.3) is 0 Å². The van der Waals surface area contributed by atoms with Crippen LogP contribution in [0.5, 0.6) is 5.75 Å². The van der Waals surface area contributed by atoms with E-state index in [9.17, 15) is 14.0 Å². The minimum absolute atomic E-state index is 0.0929. The largest absolute Gasteiger partial charge is 0.484 e. The molecule has 30 heavy (non-hydrogen) atoms. The molecule has 0 aliphatic carbocycles. The summed E-state index contributed by atoms with van der Waals surface area (Å²) >= 11 is 11.8. The van der Waals surface area contributed by atoms with Crippen LogP contribution in [0.15, 0.2) is 59.2 Å². The highest BCUT2D eigenvalue weighted by atomic mass is 35.5. The highest BCUT2D eigenvalue weighted by Crippen LogP contribution is 2.28. The first-order valence-electron chi connectivity index (χ1n) is 8.85. The summed E-state index contributed by atoms with van der Waals surface area (Å²) in [6.45, 7) is 1.38. The fraction of sp³-hybridized carbons (Fsp3) is 0.143. The van der Waals surface area contributed by atoms with Crippen molar-refractivity contribution < 1.29 is 23.1 Å². The number of anilines is 1.